The normalized spacial score (nSPS) is 24.5. The van der Waals surface area contributed by atoms with Crippen LogP contribution in [0.15, 0.2) is 23.1 Å². The number of ether oxygens (including phenoxy) is 2. The standard InChI is InChI=1S/C8H12O2.C7H9N5O/c1-8(2)9-6-4-3-5-7(6)10-8;8-1-3-2-10-5-4(3)6(13)12-7(9)11-5/h3-4,6-7H,5H2,1-2H3;2H,1,8H2,(H4,9,10,11,12,13). The molecule has 0 radical (unpaired) electrons. The zero-order valence-corrected chi connectivity index (χ0v) is 13.1. The van der Waals surface area contributed by atoms with Crippen molar-refractivity contribution in [1.82, 2.24) is 15.0 Å². The van der Waals surface area contributed by atoms with E-state index in [1.807, 2.05) is 13.8 Å². The minimum Gasteiger partial charge on any atom is -0.369 e. The maximum Gasteiger partial charge on any atom is 0.262 e. The number of hydrogen-bond donors (Lipinski definition) is 4. The summed E-state index contributed by atoms with van der Waals surface area (Å²) in [7, 11) is 0. The van der Waals surface area contributed by atoms with E-state index in [2.05, 4.69) is 27.1 Å². The molecule has 124 valence electrons. The molecule has 0 amide bonds. The first kappa shape index (κ1) is 15.7. The maximum atomic E-state index is 11.4. The van der Waals surface area contributed by atoms with E-state index < -0.39 is 0 Å². The summed E-state index contributed by atoms with van der Waals surface area (Å²) < 4.78 is 11.2. The largest absolute Gasteiger partial charge is 0.369 e. The van der Waals surface area contributed by atoms with Gasteiger partial charge in [0.1, 0.15) is 11.8 Å². The Balaban J connectivity index is 0.000000140. The smallest absolute Gasteiger partial charge is 0.262 e. The molecule has 1 aliphatic carbocycles. The van der Waals surface area contributed by atoms with E-state index in [-0.39, 0.29) is 29.5 Å². The van der Waals surface area contributed by atoms with Crippen LogP contribution in [0.3, 0.4) is 0 Å². The van der Waals surface area contributed by atoms with Crippen LogP contribution in [0.25, 0.3) is 11.0 Å². The van der Waals surface area contributed by atoms with E-state index in [1.165, 1.54) is 0 Å². The van der Waals surface area contributed by atoms with Crippen LogP contribution in [0, 0.1) is 0 Å². The van der Waals surface area contributed by atoms with Crippen molar-refractivity contribution >= 4 is 17.0 Å². The summed E-state index contributed by atoms with van der Waals surface area (Å²) in [6.07, 6.45) is 7.37. The molecule has 1 aliphatic heterocycles. The molecule has 2 unspecified atom stereocenters. The highest BCUT2D eigenvalue weighted by Crippen LogP contribution is 2.33. The molecule has 8 heteroatoms. The molecular weight excluding hydrogens is 298 g/mol. The molecular formula is C15H21N5O3. The highest BCUT2D eigenvalue weighted by Gasteiger charge is 2.41. The Morgan fingerprint density at radius 1 is 1.43 bits per heavy atom. The molecule has 2 atom stereocenters. The van der Waals surface area contributed by atoms with E-state index in [9.17, 15) is 4.79 Å². The highest BCUT2D eigenvalue weighted by atomic mass is 16.7. The summed E-state index contributed by atoms with van der Waals surface area (Å²) in [5.74, 6) is -0.261. The third kappa shape index (κ3) is 3.14. The van der Waals surface area contributed by atoms with Crippen LogP contribution >= 0.6 is 0 Å². The average molecular weight is 319 g/mol. The second-order valence-electron chi connectivity index (χ2n) is 6.00. The third-order valence-corrected chi connectivity index (χ3v) is 3.78. The minimum atomic E-state index is -0.361. The SMILES string of the molecule is CC1(C)OC2C=CCC2O1.NCc1c[nH]c2nc(N)[nH]c(=O)c12. The first-order valence-electron chi connectivity index (χ1n) is 7.48. The van der Waals surface area contributed by atoms with Crippen LogP contribution in [-0.4, -0.2) is 32.9 Å². The molecule has 3 heterocycles. The van der Waals surface area contributed by atoms with Gasteiger partial charge >= 0.3 is 0 Å². The van der Waals surface area contributed by atoms with Gasteiger partial charge in [-0.25, -0.2) is 0 Å². The van der Waals surface area contributed by atoms with Crippen molar-refractivity contribution in [3.63, 3.8) is 0 Å². The van der Waals surface area contributed by atoms with E-state index in [0.29, 0.717) is 17.6 Å². The quantitative estimate of drug-likeness (QED) is 0.574. The van der Waals surface area contributed by atoms with E-state index in [0.717, 1.165) is 12.0 Å². The molecule has 0 aromatic carbocycles. The van der Waals surface area contributed by atoms with Crippen molar-refractivity contribution < 1.29 is 9.47 Å². The molecule has 0 saturated carbocycles. The number of H-pyrrole nitrogens is 2. The molecule has 6 N–H and O–H groups in total. The van der Waals surface area contributed by atoms with Gasteiger partial charge in [0.25, 0.3) is 5.56 Å². The molecule has 4 rings (SSSR count). The Hall–Kier alpha value is -2.16. The first-order chi connectivity index (χ1) is 10.9. The van der Waals surface area contributed by atoms with Crippen LogP contribution in [0.2, 0.25) is 0 Å². The van der Waals surface area contributed by atoms with Gasteiger partial charge in [0.2, 0.25) is 5.95 Å². The van der Waals surface area contributed by atoms with Gasteiger partial charge in [-0.15, -0.1) is 0 Å². The number of nitrogens with zero attached hydrogens (tertiary/aromatic N) is 1. The highest BCUT2D eigenvalue weighted by molar-refractivity contribution is 5.79. The Labute approximate surface area is 132 Å². The minimum absolute atomic E-state index is 0.0999. The second kappa shape index (κ2) is 5.80. The average Bonchev–Trinajstić information content (AvgIpc) is 3.11. The lowest BCUT2D eigenvalue weighted by molar-refractivity contribution is -0.143. The summed E-state index contributed by atoms with van der Waals surface area (Å²) in [4.78, 5) is 20.5. The number of fused-ring (bicyclic) bond motifs is 2. The predicted molar refractivity (Wildman–Crippen MR) is 86.6 cm³/mol. The fourth-order valence-electron chi connectivity index (χ4n) is 2.84. The van der Waals surface area contributed by atoms with Crippen molar-refractivity contribution in [1.29, 1.82) is 0 Å². The molecule has 0 bridgehead atoms. The van der Waals surface area contributed by atoms with Gasteiger partial charge < -0.3 is 25.9 Å². The van der Waals surface area contributed by atoms with Crippen LogP contribution in [-0.2, 0) is 16.0 Å². The zero-order valence-electron chi connectivity index (χ0n) is 13.1. The molecule has 23 heavy (non-hydrogen) atoms. The summed E-state index contributed by atoms with van der Waals surface area (Å²) >= 11 is 0. The van der Waals surface area contributed by atoms with Gasteiger partial charge in [0.15, 0.2) is 5.79 Å². The van der Waals surface area contributed by atoms with Gasteiger partial charge in [-0.2, -0.15) is 4.98 Å². The fourth-order valence-corrected chi connectivity index (χ4v) is 2.84. The predicted octanol–water partition coefficient (Wildman–Crippen LogP) is 0.758. The van der Waals surface area contributed by atoms with Crippen LogP contribution in [0.1, 0.15) is 25.8 Å². The summed E-state index contributed by atoms with van der Waals surface area (Å²) in [5, 5.41) is 0.483. The van der Waals surface area contributed by atoms with Crippen molar-refractivity contribution in [3.8, 4) is 0 Å². The topological polar surface area (TPSA) is 132 Å². The first-order valence-corrected chi connectivity index (χ1v) is 7.48. The lowest BCUT2D eigenvalue weighted by Crippen LogP contribution is -2.21. The zero-order chi connectivity index (χ0) is 16.6. The van der Waals surface area contributed by atoms with Gasteiger partial charge in [0.05, 0.1) is 11.5 Å². The van der Waals surface area contributed by atoms with E-state index >= 15 is 0 Å². The van der Waals surface area contributed by atoms with Crippen molar-refractivity contribution in [2.75, 3.05) is 5.73 Å². The lowest BCUT2D eigenvalue weighted by Gasteiger charge is -2.16. The lowest BCUT2D eigenvalue weighted by atomic mass is 10.2. The van der Waals surface area contributed by atoms with Crippen LogP contribution in [0.4, 0.5) is 5.95 Å². The number of nitrogens with two attached hydrogens (primary N) is 2. The van der Waals surface area contributed by atoms with E-state index in [4.69, 9.17) is 20.9 Å². The molecule has 1 saturated heterocycles. The Morgan fingerprint density at radius 2 is 2.22 bits per heavy atom. The maximum absolute atomic E-state index is 11.4. The molecule has 2 aliphatic rings. The molecule has 2 aromatic rings. The molecule has 1 fully saturated rings. The Kier molecular flexibility index (Phi) is 3.97. The molecule has 2 aromatic heterocycles. The Bertz CT molecular complexity index is 792. The van der Waals surface area contributed by atoms with Gasteiger partial charge in [0, 0.05) is 12.7 Å². The molecule has 0 spiro atoms. The summed E-state index contributed by atoms with van der Waals surface area (Å²) in [6, 6.07) is 0. The van der Waals surface area contributed by atoms with Crippen LogP contribution < -0.4 is 17.0 Å². The number of nitrogens with one attached hydrogen (secondary N) is 2. The van der Waals surface area contributed by atoms with Crippen molar-refractivity contribution in [2.24, 2.45) is 5.73 Å². The Morgan fingerprint density at radius 3 is 2.91 bits per heavy atom. The number of rotatable bonds is 1. The molecule has 8 nitrogen and oxygen atoms in total. The fraction of sp³-hybridized carbons (Fsp3) is 0.467. The third-order valence-electron chi connectivity index (χ3n) is 3.78. The summed E-state index contributed by atoms with van der Waals surface area (Å²) in [5.41, 5.74) is 11.7. The number of aromatic amines is 2. The van der Waals surface area contributed by atoms with Crippen molar-refractivity contribution in [2.45, 2.75) is 44.8 Å². The van der Waals surface area contributed by atoms with Crippen molar-refractivity contribution in [3.05, 3.63) is 34.3 Å². The summed E-state index contributed by atoms with van der Waals surface area (Å²) in [6.45, 7) is 4.22. The van der Waals surface area contributed by atoms with E-state index in [1.54, 1.807) is 6.20 Å². The number of nitrogen functional groups attached to an aromatic ring is 1. The van der Waals surface area contributed by atoms with Gasteiger partial charge in [-0.3, -0.25) is 9.78 Å². The number of hydrogen-bond acceptors (Lipinski definition) is 6. The number of anilines is 1. The van der Waals surface area contributed by atoms with Gasteiger partial charge in [-0.05, 0) is 25.8 Å². The second-order valence-corrected chi connectivity index (χ2v) is 6.00. The van der Waals surface area contributed by atoms with Crippen LogP contribution in [0.5, 0.6) is 0 Å². The number of aromatic nitrogens is 3. The van der Waals surface area contributed by atoms with Gasteiger partial charge in [-0.1, -0.05) is 12.2 Å². The monoisotopic (exact) mass is 319 g/mol.